The Labute approximate surface area is 160 Å². The minimum atomic E-state index is -3.75. The van der Waals surface area contributed by atoms with Crippen molar-refractivity contribution in [3.63, 3.8) is 0 Å². The van der Waals surface area contributed by atoms with E-state index in [0.717, 1.165) is 16.8 Å². The maximum Gasteiger partial charge on any atom is 0.261 e. The number of para-hydroxylation sites is 1. The van der Waals surface area contributed by atoms with Crippen molar-refractivity contribution in [3.8, 4) is 0 Å². The minimum absolute atomic E-state index is 0.0235. The largest absolute Gasteiger partial charge is 0.377 e. The molecule has 0 saturated carbocycles. The summed E-state index contributed by atoms with van der Waals surface area (Å²) in [5.41, 5.74) is 2.93. The van der Waals surface area contributed by atoms with Crippen LogP contribution in [0.25, 0.3) is 0 Å². The number of carbonyl (C=O) groups is 1. The zero-order valence-electron chi connectivity index (χ0n) is 15.7. The molecule has 0 saturated heterocycles. The first-order valence-electron chi connectivity index (χ1n) is 8.94. The molecule has 1 heterocycles. The van der Waals surface area contributed by atoms with Crippen LogP contribution in [0.4, 0.5) is 11.4 Å². The van der Waals surface area contributed by atoms with Crippen LogP contribution in [0.5, 0.6) is 0 Å². The maximum atomic E-state index is 12.9. The first-order valence-corrected chi connectivity index (χ1v) is 10.4. The van der Waals surface area contributed by atoms with Crippen LogP contribution in [0, 0.1) is 0 Å². The van der Waals surface area contributed by atoms with Gasteiger partial charge >= 0.3 is 0 Å². The standard InChI is InChI=1S/C20H24N2O4S/c1-4-26-13-16-7-5-6-8-19(16)21-27(24,25)18-9-10-20-17(12-18)11-14(2)22(20)15(3)23/h5-10,12,14,21H,4,11,13H2,1-3H3. The molecule has 1 aliphatic rings. The Bertz CT molecular complexity index is 956. The Morgan fingerprint density at radius 2 is 2.00 bits per heavy atom. The quantitative estimate of drug-likeness (QED) is 0.824. The van der Waals surface area contributed by atoms with E-state index in [1.165, 1.54) is 6.92 Å². The maximum absolute atomic E-state index is 12.9. The number of carbonyl (C=O) groups excluding carboxylic acids is 1. The number of ether oxygens (including phenoxy) is 1. The first kappa shape index (κ1) is 19.4. The van der Waals surface area contributed by atoms with Crippen LogP contribution in [-0.2, 0) is 32.6 Å². The van der Waals surface area contributed by atoms with Gasteiger partial charge in [-0.3, -0.25) is 9.52 Å². The lowest BCUT2D eigenvalue weighted by atomic mass is 10.1. The molecule has 0 fully saturated rings. The van der Waals surface area contributed by atoms with Crippen molar-refractivity contribution in [3.05, 3.63) is 53.6 Å². The molecular weight excluding hydrogens is 364 g/mol. The van der Waals surface area contributed by atoms with Gasteiger partial charge in [0.15, 0.2) is 0 Å². The van der Waals surface area contributed by atoms with Crippen molar-refractivity contribution >= 4 is 27.3 Å². The van der Waals surface area contributed by atoms with Gasteiger partial charge in [0.25, 0.3) is 10.0 Å². The van der Waals surface area contributed by atoms with Crippen LogP contribution in [0.15, 0.2) is 47.4 Å². The van der Waals surface area contributed by atoms with Crippen molar-refractivity contribution in [2.24, 2.45) is 0 Å². The summed E-state index contributed by atoms with van der Waals surface area (Å²) in [4.78, 5) is 13.7. The van der Waals surface area contributed by atoms with Crippen LogP contribution < -0.4 is 9.62 Å². The average molecular weight is 388 g/mol. The molecule has 2 aromatic rings. The van der Waals surface area contributed by atoms with Gasteiger partial charge in [-0.25, -0.2) is 8.42 Å². The summed E-state index contributed by atoms with van der Waals surface area (Å²) >= 11 is 0. The van der Waals surface area contributed by atoms with E-state index in [1.54, 1.807) is 35.2 Å². The van der Waals surface area contributed by atoms with Gasteiger partial charge in [0.2, 0.25) is 5.91 Å². The number of anilines is 2. The fourth-order valence-corrected chi connectivity index (χ4v) is 4.57. The molecule has 1 atom stereocenters. The average Bonchev–Trinajstić information content (AvgIpc) is 2.95. The van der Waals surface area contributed by atoms with Gasteiger partial charge in [-0.05, 0) is 50.1 Å². The Hall–Kier alpha value is -2.38. The molecule has 3 rings (SSSR count). The van der Waals surface area contributed by atoms with E-state index in [9.17, 15) is 13.2 Å². The topological polar surface area (TPSA) is 75.7 Å². The van der Waals surface area contributed by atoms with Crippen LogP contribution in [0.3, 0.4) is 0 Å². The van der Waals surface area contributed by atoms with Gasteiger partial charge in [0, 0.05) is 30.8 Å². The third-order valence-electron chi connectivity index (χ3n) is 4.64. The van der Waals surface area contributed by atoms with E-state index in [2.05, 4.69) is 4.72 Å². The molecule has 2 aromatic carbocycles. The second-order valence-corrected chi connectivity index (χ2v) is 8.31. The molecule has 0 bridgehead atoms. The Kier molecular flexibility index (Phi) is 5.53. The second-order valence-electron chi connectivity index (χ2n) is 6.63. The molecule has 0 spiro atoms. The predicted molar refractivity (Wildman–Crippen MR) is 105 cm³/mol. The molecule has 6 nitrogen and oxygen atoms in total. The van der Waals surface area contributed by atoms with Gasteiger partial charge in [0.1, 0.15) is 0 Å². The number of nitrogens with zero attached hydrogens (tertiary/aromatic N) is 1. The lowest BCUT2D eigenvalue weighted by molar-refractivity contribution is -0.116. The van der Waals surface area contributed by atoms with Gasteiger partial charge in [-0.2, -0.15) is 0 Å². The number of rotatable bonds is 6. The summed E-state index contributed by atoms with van der Waals surface area (Å²) in [7, 11) is -3.75. The third-order valence-corrected chi connectivity index (χ3v) is 6.00. The minimum Gasteiger partial charge on any atom is -0.377 e. The van der Waals surface area contributed by atoms with E-state index in [-0.39, 0.29) is 16.8 Å². The first-order chi connectivity index (χ1) is 12.8. The number of hydrogen-bond acceptors (Lipinski definition) is 4. The SMILES string of the molecule is CCOCc1ccccc1NS(=O)(=O)c1ccc2c(c1)CC(C)N2C(C)=O. The van der Waals surface area contributed by atoms with E-state index in [1.807, 2.05) is 26.0 Å². The lowest BCUT2D eigenvalue weighted by Gasteiger charge is -2.20. The zero-order chi connectivity index (χ0) is 19.6. The Morgan fingerprint density at radius 1 is 1.26 bits per heavy atom. The fraction of sp³-hybridized carbons (Fsp3) is 0.350. The molecule has 0 aliphatic carbocycles. The Balaban J connectivity index is 1.89. The van der Waals surface area contributed by atoms with Crippen LogP contribution in [-0.4, -0.2) is 27.0 Å². The van der Waals surface area contributed by atoms with Crippen molar-refractivity contribution < 1.29 is 17.9 Å². The van der Waals surface area contributed by atoms with E-state index in [0.29, 0.717) is 25.3 Å². The summed E-state index contributed by atoms with van der Waals surface area (Å²) in [5.74, 6) is -0.0418. The molecule has 1 amide bonds. The summed E-state index contributed by atoms with van der Waals surface area (Å²) < 4.78 is 33.9. The molecule has 27 heavy (non-hydrogen) atoms. The molecule has 1 aliphatic heterocycles. The van der Waals surface area contributed by atoms with Crippen molar-refractivity contribution in [1.82, 2.24) is 0 Å². The highest BCUT2D eigenvalue weighted by Gasteiger charge is 2.30. The molecule has 0 aromatic heterocycles. The molecule has 1 unspecified atom stereocenters. The van der Waals surface area contributed by atoms with Gasteiger partial charge in [-0.15, -0.1) is 0 Å². The van der Waals surface area contributed by atoms with Crippen molar-refractivity contribution in [2.45, 2.75) is 44.7 Å². The highest BCUT2D eigenvalue weighted by atomic mass is 32.2. The number of amides is 1. The fourth-order valence-electron chi connectivity index (χ4n) is 3.42. The summed E-state index contributed by atoms with van der Waals surface area (Å²) in [5, 5.41) is 0. The second kappa shape index (κ2) is 7.70. The molecule has 144 valence electrons. The highest BCUT2D eigenvalue weighted by molar-refractivity contribution is 7.92. The van der Waals surface area contributed by atoms with E-state index < -0.39 is 10.0 Å². The zero-order valence-corrected chi connectivity index (χ0v) is 16.5. The third kappa shape index (κ3) is 3.99. The summed E-state index contributed by atoms with van der Waals surface area (Å²) in [6.45, 7) is 6.26. The predicted octanol–water partition coefficient (Wildman–Crippen LogP) is 3.32. The number of benzene rings is 2. The van der Waals surface area contributed by atoms with Crippen LogP contribution in [0.2, 0.25) is 0 Å². The normalized spacial score (nSPS) is 16.3. The smallest absolute Gasteiger partial charge is 0.261 e. The number of sulfonamides is 1. The van der Waals surface area contributed by atoms with E-state index in [4.69, 9.17) is 4.74 Å². The van der Waals surface area contributed by atoms with E-state index >= 15 is 0 Å². The molecule has 1 N–H and O–H groups in total. The van der Waals surface area contributed by atoms with Gasteiger partial charge < -0.3 is 9.64 Å². The Morgan fingerprint density at radius 3 is 2.70 bits per heavy atom. The number of nitrogens with one attached hydrogen (secondary N) is 1. The van der Waals surface area contributed by atoms with Gasteiger partial charge in [0.05, 0.1) is 17.2 Å². The van der Waals surface area contributed by atoms with Crippen molar-refractivity contribution in [1.29, 1.82) is 0 Å². The van der Waals surface area contributed by atoms with Crippen molar-refractivity contribution in [2.75, 3.05) is 16.2 Å². The van der Waals surface area contributed by atoms with Gasteiger partial charge in [-0.1, -0.05) is 18.2 Å². The number of fused-ring (bicyclic) bond motifs is 1. The highest BCUT2D eigenvalue weighted by Crippen LogP contribution is 2.34. The molecule has 0 radical (unpaired) electrons. The molecular formula is C20H24N2O4S. The molecule has 7 heteroatoms. The van der Waals surface area contributed by atoms with Crippen LogP contribution >= 0.6 is 0 Å². The number of hydrogen-bond donors (Lipinski definition) is 1. The summed E-state index contributed by atoms with van der Waals surface area (Å²) in [6, 6.07) is 12.1. The summed E-state index contributed by atoms with van der Waals surface area (Å²) in [6.07, 6.45) is 0.638. The monoisotopic (exact) mass is 388 g/mol. The lowest BCUT2D eigenvalue weighted by Crippen LogP contribution is -2.33. The van der Waals surface area contributed by atoms with Crippen LogP contribution in [0.1, 0.15) is 31.9 Å².